The molecule has 0 aliphatic carbocycles. The van der Waals surface area contributed by atoms with Crippen LogP contribution in [0.3, 0.4) is 0 Å². The highest BCUT2D eigenvalue weighted by Gasteiger charge is 2.35. The van der Waals surface area contributed by atoms with Crippen LogP contribution >= 0.6 is 0 Å². The van der Waals surface area contributed by atoms with Crippen molar-refractivity contribution in [2.45, 2.75) is 32.6 Å². The van der Waals surface area contributed by atoms with Gasteiger partial charge in [0.2, 0.25) is 0 Å². The lowest BCUT2D eigenvalue weighted by atomic mass is 9.84. The van der Waals surface area contributed by atoms with E-state index in [-0.39, 0.29) is 18.7 Å². The van der Waals surface area contributed by atoms with Crippen molar-refractivity contribution in [2.75, 3.05) is 6.61 Å². The Morgan fingerprint density at radius 3 is 2.52 bits per heavy atom. The zero-order chi connectivity index (χ0) is 20.2. The number of imidazole rings is 1. The van der Waals surface area contributed by atoms with Gasteiger partial charge in [-0.2, -0.15) is 13.2 Å². The predicted molar refractivity (Wildman–Crippen MR) is 93.6 cm³/mol. The molecule has 1 unspecified atom stereocenters. The van der Waals surface area contributed by atoms with E-state index in [2.05, 4.69) is 15.6 Å². The van der Waals surface area contributed by atoms with Gasteiger partial charge in [0, 0.05) is 31.4 Å². The van der Waals surface area contributed by atoms with Crippen LogP contribution in [0.5, 0.6) is 0 Å². The molecule has 2 rings (SSSR count). The summed E-state index contributed by atoms with van der Waals surface area (Å²) in [6.07, 6.45) is -1.23. The van der Waals surface area contributed by atoms with Crippen LogP contribution in [0, 0.1) is 5.41 Å². The summed E-state index contributed by atoms with van der Waals surface area (Å²) in [4.78, 5) is 16.5. The highest BCUT2D eigenvalue weighted by molar-refractivity contribution is 5.74. The third-order valence-electron chi connectivity index (χ3n) is 4.34. The summed E-state index contributed by atoms with van der Waals surface area (Å²) in [5.41, 5.74) is -1.56. The number of hydrogen-bond donors (Lipinski definition) is 3. The standard InChI is InChI=1S/C18H23F3N4O2/c1-17(2,11-26)14(15-22-8-9-25(15)3)24-16(27)23-10-12-6-4-5-7-13(12)18(19,20)21/h4-9,14,26H,10-11H2,1-3H3,(H2,23,24,27). The monoisotopic (exact) mass is 384 g/mol. The molecular formula is C18H23F3N4O2. The molecule has 1 atom stereocenters. The van der Waals surface area contributed by atoms with E-state index in [0.717, 1.165) is 6.07 Å². The second-order valence-corrected chi connectivity index (χ2v) is 6.96. The van der Waals surface area contributed by atoms with Gasteiger partial charge in [0.1, 0.15) is 5.82 Å². The predicted octanol–water partition coefficient (Wildman–Crippen LogP) is 3.00. The van der Waals surface area contributed by atoms with Crippen LogP contribution in [0.15, 0.2) is 36.7 Å². The van der Waals surface area contributed by atoms with Crippen LogP contribution in [0.1, 0.15) is 36.8 Å². The van der Waals surface area contributed by atoms with E-state index in [1.165, 1.54) is 18.2 Å². The van der Waals surface area contributed by atoms with E-state index in [1.54, 1.807) is 37.9 Å². The van der Waals surface area contributed by atoms with Crippen molar-refractivity contribution < 1.29 is 23.1 Å². The third-order valence-corrected chi connectivity index (χ3v) is 4.34. The lowest BCUT2D eigenvalue weighted by Gasteiger charge is -2.32. The number of carbonyl (C=O) groups is 1. The van der Waals surface area contributed by atoms with Gasteiger partial charge < -0.3 is 20.3 Å². The SMILES string of the molecule is Cn1ccnc1C(NC(=O)NCc1ccccc1C(F)(F)F)C(C)(C)CO. The largest absolute Gasteiger partial charge is 0.416 e. The van der Waals surface area contributed by atoms with Crippen molar-refractivity contribution in [3.05, 3.63) is 53.6 Å². The lowest BCUT2D eigenvalue weighted by molar-refractivity contribution is -0.138. The van der Waals surface area contributed by atoms with Gasteiger partial charge in [-0.05, 0) is 11.6 Å². The summed E-state index contributed by atoms with van der Waals surface area (Å²) < 4.78 is 40.9. The molecular weight excluding hydrogens is 361 g/mol. The van der Waals surface area contributed by atoms with Gasteiger partial charge in [-0.1, -0.05) is 32.0 Å². The number of nitrogens with zero attached hydrogens (tertiary/aromatic N) is 2. The first-order valence-electron chi connectivity index (χ1n) is 8.34. The fraction of sp³-hybridized carbons (Fsp3) is 0.444. The van der Waals surface area contributed by atoms with Crippen LogP contribution in [0.4, 0.5) is 18.0 Å². The molecule has 1 aromatic heterocycles. The Morgan fingerprint density at radius 1 is 1.30 bits per heavy atom. The number of rotatable bonds is 6. The molecule has 2 aromatic rings. The van der Waals surface area contributed by atoms with E-state index in [9.17, 15) is 23.1 Å². The maximum Gasteiger partial charge on any atom is 0.416 e. The molecule has 0 saturated heterocycles. The molecule has 6 nitrogen and oxygen atoms in total. The molecule has 0 radical (unpaired) electrons. The minimum absolute atomic E-state index is 0.0323. The fourth-order valence-corrected chi connectivity index (χ4v) is 2.66. The van der Waals surface area contributed by atoms with E-state index in [0.29, 0.717) is 5.82 Å². The fourth-order valence-electron chi connectivity index (χ4n) is 2.66. The first-order chi connectivity index (χ1) is 12.6. The van der Waals surface area contributed by atoms with Crippen molar-refractivity contribution in [3.8, 4) is 0 Å². The van der Waals surface area contributed by atoms with Crippen LogP contribution < -0.4 is 10.6 Å². The highest BCUT2D eigenvalue weighted by Crippen LogP contribution is 2.33. The maximum absolute atomic E-state index is 13.0. The van der Waals surface area contributed by atoms with E-state index >= 15 is 0 Å². The molecule has 0 bridgehead atoms. The Bertz CT molecular complexity index is 787. The number of hydrogen-bond acceptors (Lipinski definition) is 3. The molecule has 0 aliphatic heterocycles. The normalized spacial score (nSPS) is 13.3. The summed E-state index contributed by atoms with van der Waals surface area (Å²) in [7, 11) is 1.75. The minimum atomic E-state index is -4.50. The Labute approximate surface area is 155 Å². The summed E-state index contributed by atoms with van der Waals surface area (Å²) in [5.74, 6) is 0.528. The van der Waals surface area contributed by atoms with Crippen LogP contribution in [-0.4, -0.2) is 27.3 Å². The first kappa shape index (κ1) is 20.8. The van der Waals surface area contributed by atoms with Crippen LogP contribution in [0.25, 0.3) is 0 Å². The highest BCUT2D eigenvalue weighted by atomic mass is 19.4. The second kappa shape index (κ2) is 7.99. The number of amides is 2. The number of nitrogens with one attached hydrogen (secondary N) is 2. The topological polar surface area (TPSA) is 79.2 Å². The quantitative estimate of drug-likeness (QED) is 0.716. The van der Waals surface area contributed by atoms with Gasteiger partial charge in [0.25, 0.3) is 0 Å². The molecule has 0 fully saturated rings. The van der Waals surface area contributed by atoms with Gasteiger partial charge in [0.15, 0.2) is 0 Å². The van der Waals surface area contributed by atoms with E-state index in [4.69, 9.17) is 0 Å². The Kier molecular flexibility index (Phi) is 6.15. The molecule has 27 heavy (non-hydrogen) atoms. The smallest absolute Gasteiger partial charge is 0.396 e. The molecule has 2 amide bonds. The summed E-state index contributed by atoms with van der Waals surface area (Å²) in [5, 5.41) is 14.8. The molecule has 1 heterocycles. The van der Waals surface area contributed by atoms with E-state index < -0.39 is 29.2 Å². The average molecular weight is 384 g/mol. The number of urea groups is 1. The van der Waals surface area contributed by atoms with Crippen molar-refractivity contribution >= 4 is 6.03 Å². The van der Waals surface area contributed by atoms with Crippen molar-refractivity contribution in [1.29, 1.82) is 0 Å². The minimum Gasteiger partial charge on any atom is -0.396 e. The van der Waals surface area contributed by atoms with E-state index in [1.807, 2.05) is 0 Å². The number of halogens is 3. The number of carbonyl (C=O) groups excluding carboxylic acids is 1. The molecule has 9 heteroatoms. The molecule has 0 spiro atoms. The molecule has 1 aromatic carbocycles. The summed E-state index contributed by atoms with van der Waals surface area (Å²) >= 11 is 0. The number of aliphatic hydroxyl groups is 1. The number of aromatic nitrogens is 2. The number of benzene rings is 1. The number of aliphatic hydroxyl groups excluding tert-OH is 1. The Balaban J connectivity index is 2.13. The number of aryl methyl sites for hydroxylation is 1. The summed E-state index contributed by atoms with van der Waals surface area (Å²) in [6, 6.07) is 3.78. The average Bonchev–Trinajstić information content (AvgIpc) is 3.02. The van der Waals surface area contributed by atoms with Crippen molar-refractivity contribution in [1.82, 2.24) is 20.2 Å². The maximum atomic E-state index is 13.0. The first-order valence-corrected chi connectivity index (χ1v) is 8.34. The van der Waals surface area contributed by atoms with Gasteiger partial charge in [-0.3, -0.25) is 0 Å². The Hall–Kier alpha value is -2.55. The van der Waals surface area contributed by atoms with Crippen LogP contribution in [-0.2, 0) is 19.8 Å². The van der Waals surface area contributed by atoms with Crippen molar-refractivity contribution in [2.24, 2.45) is 12.5 Å². The zero-order valence-electron chi connectivity index (χ0n) is 15.3. The Morgan fingerprint density at radius 2 is 1.96 bits per heavy atom. The lowest BCUT2D eigenvalue weighted by Crippen LogP contribution is -2.45. The molecule has 0 aliphatic rings. The third kappa shape index (κ3) is 5.00. The van der Waals surface area contributed by atoms with Gasteiger partial charge >= 0.3 is 12.2 Å². The molecule has 0 saturated carbocycles. The second-order valence-electron chi connectivity index (χ2n) is 6.96. The number of alkyl halides is 3. The summed E-state index contributed by atoms with van der Waals surface area (Å²) in [6.45, 7) is 3.01. The molecule has 148 valence electrons. The molecule has 3 N–H and O–H groups in total. The van der Waals surface area contributed by atoms with Crippen molar-refractivity contribution in [3.63, 3.8) is 0 Å². The van der Waals surface area contributed by atoms with Gasteiger partial charge in [0.05, 0.1) is 18.2 Å². The van der Waals surface area contributed by atoms with Gasteiger partial charge in [-0.25, -0.2) is 9.78 Å². The van der Waals surface area contributed by atoms with Crippen LogP contribution in [0.2, 0.25) is 0 Å². The zero-order valence-corrected chi connectivity index (χ0v) is 15.3. The van der Waals surface area contributed by atoms with Gasteiger partial charge in [-0.15, -0.1) is 0 Å².